The lowest BCUT2D eigenvalue weighted by atomic mass is 9.28. The van der Waals surface area contributed by atoms with Crippen LogP contribution < -0.4 is 10.1 Å². The van der Waals surface area contributed by atoms with Gasteiger partial charge in [0, 0.05) is 48.1 Å². The highest BCUT2D eigenvalue weighted by molar-refractivity contribution is 7.88. The van der Waals surface area contributed by atoms with Crippen LogP contribution in [0.3, 0.4) is 0 Å². The first-order valence-corrected chi connectivity index (χ1v) is 13.4. The third-order valence-corrected chi connectivity index (χ3v) is 8.36. The maximum atomic E-state index is 11.9. The average molecular weight is 479 g/mol. The van der Waals surface area contributed by atoms with Crippen molar-refractivity contribution in [3.8, 4) is 16.9 Å². The second-order valence-corrected chi connectivity index (χ2v) is 12.7. The molecule has 4 rings (SSSR count). The van der Waals surface area contributed by atoms with Crippen molar-refractivity contribution in [3.63, 3.8) is 0 Å². The van der Waals surface area contributed by atoms with E-state index in [0.717, 1.165) is 11.1 Å². The van der Waals surface area contributed by atoms with Gasteiger partial charge in [-0.25, -0.2) is 17.2 Å². The van der Waals surface area contributed by atoms with Gasteiger partial charge in [0.1, 0.15) is 15.7 Å². The van der Waals surface area contributed by atoms with Crippen LogP contribution in [0, 0.1) is 5.92 Å². The van der Waals surface area contributed by atoms with Gasteiger partial charge in [0.2, 0.25) is 16.0 Å². The molecule has 16 heteroatoms. The van der Waals surface area contributed by atoms with Gasteiger partial charge in [0.25, 0.3) is 0 Å². The molecule has 0 amide bonds. The second-order valence-electron chi connectivity index (χ2n) is 10.7. The predicted molar refractivity (Wildman–Crippen MR) is 147 cm³/mol. The molecule has 1 aliphatic rings. The van der Waals surface area contributed by atoms with Crippen LogP contribution in [-0.4, -0.2) is 108 Å². The average Bonchev–Trinajstić information content (AvgIpc) is 3.37. The zero-order valence-electron chi connectivity index (χ0n) is 21.0. The van der Waals surface area contributed by atoms with Gasteiger partial charge >= 0.3 is 0 Å². The number of hydrogen-bond acceptors (Lipinski definition) is 7. The molecular formula is C18H30B5N7O3S. The van der Waals surface area contributed by atoms with Crippen molar-refractivity contribution in [1.82, 2.24) is 29.1 Å². The Hall–Kier alpha value is -2.34. The molecule has 3 aromatic heterocycles. The van der Waals surface area contributed by atoms with Gasteiger partial charge < -0.3 is 10.1 Å². The quantitative estimate of drug-likeness (QED) is 0.338. The number of piperidine rings is 1. The van der Waals surface area contributed by atoms with E-state index < -0.39 is 15.4 Å². The van der Waals surface area contributed by atoms with Crippen LogP contribution in [0.25, 0.3) is 16.8 Å². The van der Waals surface area contributed by atoms with Crippen LogP contribution >= 0.6 is 0 Å². The van der Waals surface area contributed by atoms with Gasteiger partial charge in [0.15, 0.2) is 11.4 Å². The number of hydrogen-bond donors (Lipinski definition) is 2. The Kier molecular flexibility index (Phi) is 6.35. The summed E-state index contributed by atoms with van der Waals surface area (Å²) in [5, 5.41) is 14.4. The molecule has 1 aliphatic heterocycles. The van der Waals surface area contributed by atoms with E-state index in [1.807, 2.05) is 25.4 Å². The number of anilines is 1. The topological polar surface area (TPSA) is 118 Å². The first kappa shape index (κ1) is 24.8. The molecule has 0 unspecified atom stereocenters. The van der Waals surface area contributed by atoms with E-state index in [1.54, 1.807) is 10.7 Å². The van der Waals surface area contributed by atoms with Crippen molar-refractivity contribution in [2.75, 3.05) is 24.7 Å². The molecule has 176 valence electrons. The Labute approximate surface area is 205 Å². The molecule has 0 aromatic carbocycles. The number of nitrogens with one attached hydrogen (secondary N) is 2. The summed E-state index contributed by atoms with van der Waals surface area (Å²) in [7, 11) is 7.39. The summed E-state index contributed by atoms with van der Waals surface area (Å²) in [5.74, 6) is 1.25. The minimum Gasteiger partial charge on any atom is -0.503 e. The molecule has 0 aliphatic carbocycles. The molecule has 4 heterocycles. The van der Waals surface area contributed by atoms with Crippen molar-refractivity contribution >= 4 is 60.9 Å². The van der Waals surface area contributed by atoms with Crippen LogP contribution in [0.4, 0.5) is 5.95 Å². The molecule has 0 spiro atoms. The summed E-state index contributed by atoms with van der Waals surface area (Å²) in [6.07, 6.45) is 7.40. The number of aromatic amines is 1. The van der Waals surface area contributed by atoms with Crippen LogP contribution in [0.2, 0.25) is 5.11 Å². The first-order valence-electron chi connectivity index (χ1n) is 11.6. The molecule has 2 atom stereocenters. The van der Waals surface area contributed by atoms with Crippen molar-refractivity contribution in [1.29, 1.82) is 0 Å². The first-order chi connectivity index (χ1) is 15.8. The van der Waals surface area contributed by atoms with Gasteiger partial charge in [-0.05, 0) is 18.4 Å². The Morgan fingerprint density at radius 2 is 2.00 bits per heavy atom. The van der Waals surface area contributed by atoms with E-state index >= 15 is 0 Å². The summed E-state index contributed by atoms with van der Waals surface area (Å²) in [6, 6.07) is 2.02. The lowest BCUT2D eigenvalue weighted by Crippen LogP contribution is -2.51. The molecule has 1 saturated heterocycles. The monoisotopic (exact) mass is 479 g/mol. The van der Waals surface area contributed by atoms with Crippen LogP contribution in [0.5, 0.6) is 5.75 Å². The number of nitrogens with zero attached hydrogens (tertiary/aromatic N) is 5. The van der Waals surface area contributed by atoms with Crippen molar-refractivity contribution < 1.29 is 13.2 Å². The van der Waals surface area contributed by atoms with Crippen molar-refractivity contribution in [2.24, 2.45) is 5.92 Å². The van der Waals surface area contributed by atoms with E-state index in [4.69, 9.17) is 9.72 Å². The van der Waals surface area contributed by atoms with Crippen LogP contribution in [-0.2, 0) is 10.0 Å². The lowest BCUT2D eigenvalue weighted by molar-refractivity contribution is 0.244. The molecule has 3 aromatic rings. The highest BCUT2D eigenvalue weighted by Gasteiger charge is 2.36. The molecular weight excluding hydrogens is 448 g/mol. The summed E-state index contributed by atoms with van der Waals surface area (Å²) < 4.78 is 33.7. The zero-order valence-corrected chi connectivity index (χ0v) is 21.8. The number of aromatic nitrogens is 5. The highest BCUT2D eigenvalue weighted by Crippen LogP contribution is 2.38. The minimum absolute atomic E-state index is 0.0686. The Morgan fingerprint density at radius 3 is 2.59 bits per heavy atom. The fourth-order valence-electron chi connectivity index (χ4n) is 3.91. The largest absolute Gasteiger partial charge is 0.503 e. The van der Waals surface area contributed by atoms with Gasteiger partial charge in [-0.2, -0.15) is 10.1 Å². The SMILES string of the molecule is BC(B)(B)C(B)(B)Oc1c(-c2cn[nH]c2)ccn2nc(N[C@H]3CCN(S(C)(=O)=O)C[C@H]3C)nc12. The third-order valence-electron chi connectivity index (χ3n) is 7.09. The number of pyridine rings is 1. The minimum atomic E-state index is -3.19. The van der Waals surface area contributed by atoms with E-state index in [2.05, 4.69) is 59.8 Å². The fourth-order valence-corrected chi connectivity index (χ4v) is 4.85. The summed E-state index contributed by atoms with van der Waals surface area (Å²) in [5.41, 5.74) is 2.40. The number of fused-ring (bicyclic) bond motifs is 1. The smallest absolute Gasteiger partial charge is 0.243 e. The maximum Gasteiger partial charge on any atom is 0.243 e. The number of H-pyrrole nitrogens is 1. The van der Waals surface area contributed by atoms with Crippen LogP contribution in [0.1, 0.15) is 13.3 Å². The molecule has 0 bridgehead atoms. The van der Waals surface area contributed by atoms with Gasteiger partial charge in [-0.1, -0.05) is 12.0 Å². The van der Waals surface area contributed by atoms with E-state index in [9.17, 15) is 8.42 Å². The molecule has 1 fully saturated rings. The summed E-state index contributed by atoms with van der Waals surface area (Å²) in [4.78, 5) is 4.80. The van der Waals surface area contributed by atoms with Gasteiger partial charge in [0.05, 0.1) is 36.0 Å². The number of sulfonamides is 1. The summed E-state index contributed by atoms with van der Waals surface area (Å²) in [6.45, 7) is 3.00. The molecule has 0 radical (unpaired) electrons. The lowest BCUT2D eigenvalue weighted by Gasteiger charge is -2.40. The normalized spacial score (nSPS) is 20.4. The zero-order chi connectivity index (χ0) is 24.9. The maximum absolute atomic E-state index is 11.9. The standard InChI is InChI=1S/C18H30B5N7O3S/c1-10-9-29(34(2,31)32)5-4-13(10)26-16-27-15-14(33-18(22,23)17(19,20)21)12(3-6-30(15)28-16)11-7-24-25-8-11/h3,6-8,10,13H,4-5,9,19-23H2,1-2H3,(H,24,25)(H,26,28)/t10-,13+/m1/s1. The molecule has 34 heavy (non-hydrogen) atoms. The summed E-state index contributed by atoms with van der Waals surface area (Å²) >= 11 is 0. The van der Waals surface area contributed by atoms with E-state index in [1.165, 1.54) is 10.6 Å². The van der Waals surface area contributed by atoms with Gasteiger partial charge in [-0.15, -0.1) is 5.10 Å². The molecule has 0 saturated carbocycles. The Balaban J connectivity index is 1.68. The predicted octanol–water partition coefficient (Wildman–Crippen LogP) is -3.53. The highest BCUT2D eigenvalue weighted by atomic mass is 32.2. The van der Waals surface area contributed by atoms with E-state index in [-0.39, 0.29) is 17.1 Å². The number of rotatable bonds is 7. The van der Waals surface area contributed by atoms with Gasteiger partial charge in [-0.3, -0.25) is 5.10 Å². The Morgan fingerprint density at radius 1 is 1.26 bits per heavy atom. The molecule has 10 nitrogen and oxygen atoms in total. The second kappa shape index (κ2) is 8.71. The Bertz CT molecular complexity index is 1280. The van der Waals surface area contributed by atoms with Crippen molar-refractivity contribution in [2.45, 2.75) is 29.9 Å². The molecule has 2 N–H and O–H groups in total. The fraction of sp³-hybridized carbons (Fsp3) is 0.500. The van der Waals surface area contributed by atoms with Crippen molar-refractivity contribution in [3.05, 3.63) is 24.7 Å². The van der Waals surface area contributed by atoms with Crippen LogP contribution in [0.15, 0.2) is 24.7 Å². The number of ether oxygens (including phenoxy) is 1. The third kappa shape index (κ3) is 4.88. The van der Waals surface area contributed by atoms with E-state index in [0.29, 0.717) is 36.9 Å².